The molecule has 0 aromatic heterocycles. The van der Waals surface area contributed by atoms with Crippen LogP contribution in [-0.2, 0) is 9.53 Å². The Morgan fingerprint density at radius 1 is 1.64 bits per heavy atom. The van der Waals surface area contributed by atoms with Crippen molar-refractivity contribution in [1.29, 1.82) is 0 Å². The van der Waals surface area contributed by atoms with Crippen LogP contribution in [0.1, 0.15) is 20.3 Å². The average molecular weight is 232 g/mol. The molecule has 14 heavy (non-hydrogen) atoms. The molecule has 0 aromatic carbocycles. The Labute approximate surface area is 93.8 Å². The van der Waals surface area contributed by atoms with E-state index in [1.807, 2.05) is 18.7 Å². The summed E-state index contributed by atoms with van der Waals surface area (Å²) in [4.78, 5) is 10.8. The normalized spacial score (nSPS) is 33.1. The molecule has 1 saturated heterocycles. The molecule has 4 heteroatoms. The summed E-state index contributed by atoms with van der Waals surface area (Å²) in [5.41, 5.74) is 0. The SMILES string of the molecule is C=CC(=O)OC1(C)SCCCSC1C. The molecule has 0 bridgehead atoms. The molecule has 1 aliphatic rings. The number of hydrogen-bond donors (Lipinski definition) is 0. The Bertz CT molecular complexity index is 230. The second kappa shape index (κ2) is 5.12. The predicted octanol–water partition coefficient (Wildman–Crippen LogP) is 2.69. The highest BCUT2D eigenvalue weighted by Crippen LogP contribution is 2.40. The minimum Gasteiger partial charge on any atom is -0.444 e. The molecule has 1 fully saturated rings. The number of hydrogen-bond acceptors (Lipinski definition) is 4. The van der Waals surface area contributed by atoms with E-state index in [9.17, 15) is 4.79 Å². The fourth-order valence-corrected chi connectivity index (χ4v) is 3.89. The lowest BCUT2D eigenvalue weighted by Crippen LogP contribution is -2.36. The van der Waals surface area contributed by atoms with E-state index >= 15 is 0 Å². The standard InChI is InChI=1S/C10H16O2S2/c1-4-9(11)12-10(3)8(2)13-6-5-7-14-10/h4,8H,1,5-7H2,2-3H3. The van der Waals surface area contributed by atoms with Crippen LogP contribution in [0.2, 0.25) is 0 Å². The molecule has 0 radical (unpaired) electrons. The van der Waals surface area contributed by atoms with Gasteiger partial charge >= 0.3 is 5.97 Å². The van der Waals surface area contributed by atoms with E-state index < -0.39 is 4.93 Å². The smallest absolute Gasteiger partial charge is 0.331 e. The van der Waals surface area contributed by atoms with Crippen LogP contribution >= 0.6 is 23.5 Å². The second-order valence-corrected chi connectivity index (χ2v) is 6.31. The molecule has 80 valence electrons. The zero-order valence-corrected chi connectivity index (χ0v) is 10.2. The first-order valence-corrected chi connectivity index (χ1v) is 6.73. The maximum atomic E-state index is 11.2. The molecule has 2 nitrogen and oxygen atoms in total. The molecule has 2 atom stereocenters. The van der Waals surface area contributed by atoms with Crippen LogP contribution in [0.3, 0.4) is 0 Å². The Morgan fingerprint density at radius 2 is 2.36 bits per heavy atom. The van der Waals surface area contributed by atoms with Gasteiger partial charge in [0.1, 0.15) is 0 Å². The van der Waals surface area contributed by atoms with Gasteiger partial charge in [-0.05, 0) is 31.8 Å². The minimum atomic E-state index is -0.396. The van der Waals surface area contributed by atoms with Crippen molar-refractivity contribution in [2.75, 3.05) is 11.5 Å². The van der Waals surface area contributed by atoms with E-state index in [-0.39, 0.29) is 5.97 Å². The summed E-state index contributed by atoms with van der Waals surface area (Å²) in [5, 5.41) is 0.332. The summed E-state index contributed by atoms with van der Waals surface area (Å²) in [7, 11) is 0. The summed E-state index contributed by atoms with van der Waals surface area (Å²) >= 11 is 3.59. The van der Waals surface area contributed by atoms with Gasteiger partial charge in [-0.3, -0.25) is 0 Å². The van der Waals surface area contributed by atoms with Crippen LogP contribution in [0.25, 0.3) is 0 Å². The van der Waals surface area contributed by atoms with Gasteiger partial charge < -0.3 is 4.74 Å². The molecule has 2 unspecified atom stereocenters. The molecule has 1 heterocycles. The molecule has 1 rings (SSSR count). The number of thioether (sulfide) groups is 2. The van der Waals surface area contributed by atoms with Gasteiger partial charge in [0.05, 0.1) is 5.25 Å². The van der Waals surface area contributed by atoms with E-state index in [0.29, 0.717) is 5.25 Å². The summed E-state index contributed by atoms with van der Waals surface area (Å²) < 4.78 is 5.41. The largest absolute Gasteiger partial charge is 0.444 e. The average Bonchev–Trinajstić information content (AvgIpc) is 2.30. The number of esters is 1. The van der Waals surface area contributed by atoms with Gasteiger partial charge in [-0.2, -0.15) is 11.8 Å². The molecule has 0 aliphatic carbocycles. The minimum absolute atomic E-state index is 0.325. The maximum Gasteiger partial charge on any atom is 0.331 e. The maximum absolute atomic E-state index is 11.2. The Morgan fingerprint density at radius 3 is 3.00 bits per heavy atom. The highest BCUT2D eigenvalue weighted by molar-refractivity contribution is 8.04. The lowest BCUT2D eigenvalue weighted by atomic mass is 10.3. The summed E-state index contributed by atoms with van der Waals surface area (Å²) in [5.74, 6) is 1.88. The zero-order chi connectivity index (χ0) is 10.6. The number of carbonyl (C=O) groups is 1. The number of rotatable bonds is 2. The monoisotopic (exact) mass is 232 g/mol. The fraction of sp³-hybridized carbons (Fsp3) is 0.700. The summed E-state index contributed by atoms with van der Waals surface area (Å²) in [6.07, 6.45) is 2.41. The van der Waals surface area contributed by atoms with Crippen molar-refractivity contribution in [3.05, 3.63) is 12.7 Å². The Balaban J connectivity index is 2.66. The summed E-state index contributed by atoms with van der Waals surface area (Å²) in [6, 6.07) is 0. The van der Waals surface area contributed by atoms with Crippen molar-refractivity contribution < 1.29 is 9.53 Å². The Kier molecular flexibility index (Phi) is 4.38. The van der Waals surface area contributed by atoms with Gasteiger partial charge in [0.15, 0.2) is 4.93 Å². The van der Waals surface area contributed by atoms with E-state index in [1.165, 1.54) is 12.5 Å². The van der Waals surface area contributed by atoms with Crippen LogP contribution in [-0.4, -0.2) is 27.7 Å². The van der Waals surface area contributed by atoms with Crippen molar-refractivity contribution in [2.45, 2.75) is 30.5 Å². The molecule has 0 amide bonds. The molecule has 0 spiro atoms. The molecule has 1 aliphatic heterocycles. The van der Waals surface area contributed by atoms with Crippen LogP contribution in [0.4, 0.5) is 0 Å². The molecule has 0 saturated carbocycles. The second-order valence-electron chi connectivity index (χ2n) is 3.36. The van der Waals surface area contributed by atoms with Gasteiger partial charge in [-0.25, -0.2) is 4.79 Å². The van der Waals surface area contributed by atoms with Crippen LogP contribution in [0.15, 0.2) is 12.7 Å². The topological polar surface area (TPSA) is 26.3 Å². The van der Waals surface area contributed by atoms with Crippen molar-refractivity contribution >= 4 is 29.5 Å². The highest BCUT2D eigenvalue weighted by atomic mass is 32.2. The van der Waals surface area contributed by atoms with E-state index in [4.69, 9.17) is 4.74 Å². The fourth-order valence-electron chi connectivity index (χ4n) is 1.22. The molecular formula is C10H16O2S2. The van der Waals surface area contributed by atoms with Gasteiger partial charge in [0.25, 0.3) is 0 Å². The van der Waals surface area contributed by atoms with E-state index in [0.717, 1.165) is 11.5 Å². The first kappa shape index (κ1) is 12.0. The molecule has 0 N–H and O–H groups in total. The van der Waals surface area contributed by atoms with Crippen molar-refractivity contribution in [3.63, 3.8) is 0 Å². The van der Waals surface area contributed by atoms with Gasteiger partial charge in [-0.1, -0.05) is 6.58 Å². The van der Waals surface area contributed by atoms with Gasteiger partial charge in [0, 0.05) is 6.08 Å². The van der Waals surface area contributed by atoms with Crippen molar-refractivity contribution in [1.82, 2.24) is 0 Å². The quantitative estimate of drug-likeness (QED) is 0.540. The Hall–Kier alpha value is -0.0900. The molecular weight excluding hydrogens is 216 g/mol. The van der Waals surface area contributed by atoms with Crippen LogP contribution in [0.5, 0.6) is 0 Å². The van der Waals surface area contributed by atoms with Crippen LogP contribution < -0.4 is 0 Å². The van der Waals surface area contributed by atoms with E-state index in [2.05, 4.69) is 13.5 Å². The lowest BCUT2D eigenvalue weighted by Gasteiger charge is -2.31. The highest BCUT2D eigenvalue weighted by Gasteiger charge is 2.36. The number of ether oxygens (including phenoxy) is 1. The zero-order valence-electron chi connectivity index (χ0n) is 8.62. The van der Waals surface area contributed by atoms with Gasteiger partial charge in [-0.15, -0.1) is 11.8 Å². The van der Waals surface area contributed by atoms with Gasteiger partial charge in [0.2, 0.25) is 0 Å². The molecule has 0 aromatic rings. The van der Waals surface area contributed by atoms with Crippen LogP contribution in [0, 0.1) is 0 Å². The van der Waals surface area contributed by atoms with Crippen molar-refractivity contribution in [2.24, 2.45) is 0 Å². The van der Waals surface area contributed by atoms with Crippen molar-refractivity contribution in [3.8, 4) is 0 Å². The predicted molar refractivity (Wildman–Crippen MR) is 63.7 cm³/mol. The third kappa shape index (κ3) is 2.95. The third-order valence-electron chi connectivity index (χ3n) is 2.25. The third-order valence-corrected chi connectivity index (χ3v) is 5.38. The first-order valence-electron chi connectivity index (χ1n) is 4.69. The number of carbonyl (C=O) groups excluding carboxylic acids is 1. The lowest BCUT2D eigenvalue weighted by molar-refractivity contribution is -0.144. The summed E-state index contributed by atoms with van der Waals surface area (Å²) in [6.45, 7) is 7.51. The van der Waals surface area contributed by atoms with E-state index in [1.54, 1.807) is 11.8 Å². The first-order chi connectivity index (χ1) is 6.58.